The van der Waals surface area contributed by atoms with E-state index in [1.165, 1.54) is 5.56 Å². The van der Waals surface area contributed by atoms with Crippen LogP contribution in [0.25, 0.3) is 0 Å². The van der Waals surface area contributed by atoms with Gasteiger partial charge in [-0.2, -0.15) is 0 Å². The number of aromatic nitrogens is 1. The fraction of sp³-hybridized carbons (Fsp3) is 0.368. The van der Waals surface area contributed by atoms with Gasteiger partial charge in [-0.05, 0) is 42.0 Å². The molecule has 1 amide bonds. The molecule has 0 fully saturated rings. The minimum Gasteiger partial charge on any atom is -0.492 e. The number of amides is 1. The van der Waals surface area contributed by atoms with Gasteiger partial charge < -0.3 is 14.7 Å². The van der Waals surface area contributed by atoms with Crippen molar-refractivity contribution in [3.8, 4) is 5.75 Å². The fourth-order valence-corrected chi connectivity index (χ4v) is 3.61. The summed E-state index contributed by atoms with van der Waals surface area (Å²) in [6.45, 7) is 1.21. The molecule has 0 saturated heterocycles. The summed E-state index contributed by atoms with van der Waals surface area (Å²) < 4.78 is 5.57. The number of ether oxygens (including phenoxy) is 1. The molecular weight excluding hydrogens is 304 g/mol. The van der Waals surface area contributed by atoms with Crippen molar-refractivity contribution >= 4 is 5.91 Å². The zero-order valence-electron chi connectivity index (χ0n) is 13.4. The quantitative estimate of drug-likeness (QED) is 0.919. The minimum atomic E-state index is -0.309. The molecule has 1 N–H and O–H groups in total. The van der Waals surface area contributed by atoms with Gasteiger partial charge in [-0.15, -0.1) is 0 Å². The van der Waals surface area contributed by atoms with E-state index in [-0.39, 0.29) is 18.6 Å². The molecule has 3 heterocycles. The van der Waals surface area contributed by atoms with Crippen molar-refractivity contribution in [3.05, 3.63) is 58.9 Å². The highest BCUT2D eigenvalue weighted by Gasteiger charge is 2.31. The first kappa shape index (κ1) is 15.1. The van der Waals surface area contributed by atoms with E-state index >= 15 is 0 Å². The summed E-state index contributed by atoms with van der Waals surface area (Å²) in [6.07, 6.45) is 4.31. The van der Waals surface area contributed by atoms with Crippen LogP contribution in [-0.2, 0) is 12.8 Å². The Kier molecular flexibility index (Phi) is 3.94. The Morgan fingerprint density at radius 3 is 3.04 bits per heavy atom. The highest BCUT2D eigenvalue weighted by Crippen LogP contribution is 2.31. The van der Waals surface area contributed by atoms with Gasteiger partial charge in [0.1, 0.15) is 11.4 Å². The number of nitrogens with zero attached hydrogens (tertiary/aromatic N) is 2. The molecule has 2 aliphatic heterocycles. The smallest absolute Gasteiger partial charge is 0.273 e. The maximum atomic E-state index is 13.0. The second-order valence-corrected chi connectivity index (χ2v) is 6.28. The number of hydrogen-bond donors (Lipinski definition) is 1. The molecule has 1 aromatic heterocycles. The first-order valence-corrected chi connectivity index (χ1v) is 8.39. The van der Waals surface area contributed by atoms with Crippen LogP contribution < -0.4 is 4.74 Å². The van der Waals surface area contributed by atoms with Crippen LogP contribution in [0.15, 0.2) is 36.5 Å². The maximum absolute atomic E-state index is 13.0. The number of aliphatic hydroxyl groups is 1. The van der Waals surface area contributed by atoms with Crippen LogP contribution >= 0.6 is 0 Å². The van der Waals surface area contributed by atoms with Crippen LogP contribution in [0, 0.1) is 0 Å². The van der Waals surface area contributed by atoms with Crippen molar-refractivity contribution in [1.82, 2.24) is 9.88 Å². The van der Waals surface area contributed by atoms with Gasteiger partial charge in [0.2, 0.25) is 0 Å². The average Bonchev–Trinajstić information content (AvgIpc) is 2.66. The molecule has 0 spiro atoms. The third-order valence-corrected chi connectivity index (χ3v) is 4.86. The second-order valence-electron chi connectivity index (χ2n) is 6.28. The molecule has 0 saturated carbocycles. The molecule has 0 radical (unpaired) electrons. The van der Waals surface area contributed by atoms with E-state index in [2.05, 4.69) is 11.1 Å². The van der Waals surface area contributed by atoms with E-state index < -0.39 is 0 Å². The highest BCUT2D eigenvalue weighted by atomic mass is 16.5. The first-order chi connectivity index (χ1) is 11.8. The van der Waals surface area contributed by atoms with E-state index in [0.717, 1.165) is 36.1 Å². The van der Waals surface area contributed by atoms with Crippen molar-refractivity contribution in [2.45, 2.75) is 25.3 Å². The van der Waals surface area contributed by atoms with E-state index in [0.29, 0.717) is 18.8 Å². The van der Waals surface area contributed by atoms with E-state index in [4.69, 9.17) is 4.74 Å². The summed E-state index contributed by atoms with van der Waals surface area (Å²) >= 11 is 0. The molecular formula is C19H20N2O3. The minimum absolute atomic E-state index is 0.0865. The lowest BCUT2D eigenvalue weighted by Crippen LogP contribution is -2.42. The lowest BCUT2D eigenvalue weighted by molar-refractivity contribution is 0.0562. The average molecular weight is 324 g/mol. The van der Waals surface area contributed by atoms with Gasteiger partial charge in [-0.25, -0.2) is 4.98 Å². The van der Waals surface area contributed by atoms with Crippen molar-refractivity contribution in [1.29, 1.82) is 0 Å². The van der Waals surface area contributed by atoms with Gasteiger partial charge in [0.15, 0.2) is 0 Å². The summed E-state index contributed by atoms with van der Waals surface area (Å²) in [5.41, 5.74) is 3.70. The maximum Gasteiger partial charge on any atom is 0.273 e. The zero-order valence-corrected chi connectivity index (χ0v) is 13.4. The Morgan fingerprint density at radius 2 is 2.17 bits per heavy atom. The Balaban J connectivity index is 1.65. The van der Waals surface area contributed by atoms with Gasteiger partial charge >= 0.3 is 0 Å². The predicted octanol–water partition coefficient (Wildman–Crippen LogP) is 2.14. The summed E-state index contributed by atoms with van der Waals surface area (Å²) in [6, 6.07) is 9.53. The predicted molar refractivity (Wildman–Crippen MR) is 89.1 cm³/mol. The van der Waals surface area contributed by atoms with Crippen molar-refractivity contribution < 1.29 is 14.6 Å². The van der Waals surface area contributed by atoms with Crippen LogP contribution in [-0.4, -0.2) is 40.7 Å². The second kappa shape index (κ2) is 6.24. The molecule has 1 unspecified atom stereocenters. The van der Waals surface area contributed by atoms with Gasteiger partial charge in [-0.1, -0.05) is 24.3 Å². The number of hydrogen-bond acceptors (Lipinski definition) is 4. The van der Waals surface area contributed by atoms with E-state index in [9.17, 15) is 9.90 Å². The number of pyridine rings is 1. The number of aliphatic hydroxyl groups excluding tert-OH is 1. The van der Waals surface area contributed by atoms with Gasteiger partial charge in [0.25, 0.3) is 5.91 Å². The Hall–Kier alpha value is -2.40. The molecule has 1 atom stereocenters. The Labute approximate surface area is 140 Å². The Morgan fingerprint density at radius 1 is 1.29 bits per heavy atom. The SMILES string of the molecule is O=C(c1cc2c(cn1)OCCC2)N1CCc2ccccc2C1CO. The fourth-order valence-electron chi connectivity index (χ4n) is 3.61. The van der Waals surface area contributed by atoms with Crippen LogP contribution in [0.1, 0.15) is 39.6 Å². The number of carbonyl (C=O) groups is 1. The number of rotatable bonds is 2. The van der Waals surface area contributed by atoms with Crippen LogP contribution in [0.2, 0.25) is 0 Å². The van der Waals surface area contributed by atoms with E-state index in [1.807, 2.05) is 24.3 Å². The molecule has 0 aliphatic carbocycles. The lowest BCUT2D eigenvalue weighted by atomic mass is 9.92. The normalized spacial score (nSPS) is 19.2. The first-order valence-electron chi connectivity index (χ1n) is 8.39. The number of benzene rings is 1. The van der Waals surface area contributed by atoms with Crippen molar-refractivity contribution in [2.75, 3.05) is 19.8 Å². The molecule has 5 heteroatoms. The Bertz CT molecular complexity index is 775. The third-order valence-electron chi connectivity index (χ3n) is 4.86. The topological polar surface area (TPSA) is 62.7 Å². The lowest BCUT2D eigenvalue weighted by Gasteiger charge is -2.36. The largest absolute Gasteiger partial charge is 0.492 e. The van der Waals surface area contributed by atoms with Crippen LogP contribution in [0.4, 0.5) is 0 Å². The number of aryl methyl sites for hydroxylation is 1. The van der Waals surface area contributed by atoms with Gasteiger partial charge in [-0.3, -0.25) is 4.79 Å². The molecule has 24 heavy (non-hydrogen) atoms. The molecule has 5 nitrogen and oxygen atoms in total. The van der Waals surface area contributed by atoms with Crippen LogP contribution in [0.5, 0.6) is 5.75 Å². The van der Waals surface area contributed by atoms with Crippen LogP contribution in [0.3, 0.4) is 0 Å². The molecule has 124 valence electrons. The number of fused-ring (bicyclic) bond motifs is 2. The molecule has 1 aromatic carbocycles. The zero-order chi connectivity index (χ0) is 16.5. The molecule has 0 bridgehead atoms. The molecule has 2 aliphatic rings. The molecule has 4 rings (SSSR count). The highest BCUT2D eigenvalue weighted by molar-refractivity contribution is 5.93. The van der Waals surface area contributed by atoms with Crippen molar-refractivity contribution in [2.24, 2.45) is 0 Å². The summed E-state index contributed by atoms with van der Waals surface area (Å²) in [7, 11) is 0. The number of carbonyl (C=O) groups excluding carboxylic acids is 1. The van der Waals surface area contributed by atoms with Gasteiger partial charge in [0, 0.05) is 6.54 Å². The summed E-state index contributed by atoms with van der Waals surface area (Å²) in [4.78, 5) is 19.0. The summed E-state index contributed by atoms with van der Waals surface area (Å²) in [5, 5.41) is 9.86. The van der Waals surface area contributed by atoms with Gasteiger partial charge in [0.05, 0.1) is 25.5 Å². The van der Waals surface area contributed by atoms with E-state index in [1.54, 1.807) is 11.1 Å². The third kappa shape index (κ3) is 2.55. The standard InChI is InChI=1S/C19H20N2O3/c22-12-17-15-6-2-1-4-13(15)7-8-21(17)19(23)16-10-14-5-3-9-24-18(14)11-20-16/h1-2,4,6,10-11,17,22H,3,5,7-9,12H2. The monoisotopic (exact) mass is 324 g/mol. The summed E-state index contributed by atoms with van der Waals surface area (Å²) in [5.74, 6) is 0.650. The molecule has 2 aromatic rings. The van der Waals surface area contributed by atoms with Crippen molar-refractivity contribution in [3.63, 3.8) is 0 Å².